The Bertz CT molecular complexity index is 356. The molecule has 1 aromatic rings. The predicted octanol–water partition coefficient (Wildman–Crippen LogP) is 1.51. The summed E-state index contributed by atoms with van der Waals surface area (Å²) in [6, 6.07) is 3.02. The molecular formula is C12H18O5. The lowest BCUT2D eigenvalue weighted by Gasteiger charge is -2.09. The zero-order valence-corrected chi connectivity index (χ0v) is 10.0. The molecule has 17 heavy (non-hydrogen) atoms. The van der Waals surface area contributed by atoms with Gasteiger partial charge >= 0.3 is 5.97 Å². The molecule has 0 aromatic carbocycles. The van der Waals surface area contributed by atoms with Gasteiger partial charge < -0.3 is 19.4 Å². The molecule has 5 nitrogen and oxygen atoms in total. The lowest BCUT2D eigenvalue weighted by molar-refractivity contribution is 0.0388. The number of aliphatic hydroxyl groups is 2. The second-order valence-corrected chi connectivity index (χ2v) is 4.21. The van der Waals surface area contributed by atoms with Gasteiger partial charge in [-0.2, -0.15) is 0 Å². The third-order valence-corrected chi connectivity index (χ3v) is 2.18. The molecule has 0 aliphatic heterocycles. The minimum absolute atomic E-state index is 0.0382. The van der Waals surface area contributed by atoms with Crippen molar-refractivity contribution in [1.29, 1.82) is 0 Å². The van der Waals surface area contributed by atoms with Gasteiger partial charge in [0, 0.05) is 0 Å². The molecule has 1 aromatic heterocycles. The van der Waals surface area contributed by atoms with Gasteiger partial charge in [0.2, 0.25) is 5.76 Å². The molecule has 5 heteroatoms. The van der Waals surface area contributed by atoms with Crippen molar-refractivity contribution in [3.63, 3.8) is 0 Å². The maximum atomic E-state index is 11.4. The Morgan fingerprint density at radius 3 is 2.76 bits per heavy atom. The van der Waals surface area contributed by atoms with E-state index in [-0.39, 0.29) is 19.0 Å². The number of carbonyl (C=O) groups is 1. The van der Waals surface area contributed by atoms with Crippen LogP contribution in [0.3, 0.4) is 0 Å². The van der Waals surface area contributed by atoms with Gasteiger partial charge in [-0.3, -0.25) is 0 Å². The summed E-state index contributed by atoms with van der Waals surface area (Å²) in [4.78, 5) is 11.4. The van der Waals surface area contributed by atoms with Crippen LogP contribution in [0.1, 0.15) is 42.7 Å². The molecule has 96 valence electrons. The highest BCUT2D eigenvalue weighted by molar-refractivity contribution is 5.86. The Morgan fingerprint density at radius 2 is 2.18 bits per heavy atom. The van der Waals surface area contributed by atoms with Crippen molar-refractivity contribution in [2.24, 2.45) is 5.92 Å². The lowest BCUT2D eigenvalue weighted by atomic mass is 10.0. The molecule has 0 aliphatic carbocycles. The molecule has 1 unspecified atom stereocenters. The molecule has 0 saturated carbocycles. The average molecular weight is 242 g/mol. The topological polar surface area (TPSA) is 79.9 Å². The number of esters is 1. The Kier molecular flexibility index (Phi) is 5.18. The Morgan fingerprint density at radius 1 is 1.47 bits per heavy atom. The number of hydrogen-bond acceptors (Lipinski definition) is 5. The van der Waals surface area contributed by atoms with E-state index in [4.69, 9.17) is 9.52 Å². The van der Waals surface area contributed by atoms with E-state index in [1.54, 1.807) is 6.07 Å². The summed E-state index contributed by atoms with van der Waals surface area (Å²) in [6.07, 6.45) is -0.145. The average Bonchev–Trinajstić information content (AvgIpc) is 2.74. The number of rotatable bonds is 6. The first kappa shape index (κ1) is 13.7. The summed E-state index contributed by atoms with van der Waals surface area (Å²) in [6.45, 7) is 3.68. The molecule has 1 atom stereocenters. The summed E-state index contributed by atoms with van der Waals surface area (Å²) in [5.74, 6) is 0.0906. The molecule has 0 fully saturated rings. The molecule has 1 heterocycles. The monoisotopic (exact) mass is 242 g/mol. The Labute approximate surface area is 100 Å². The van der Waals surface area contributed by atoms with Crippen molar-refractivity contribution in [2.75, 3.05) is 13.2 Å². The van der Waals surface area contributed by atoms with Crippen LogP contribution in [0.2, 0.25) is 0 Å². The molecule has 0 aliphatic rings. The number of hydrogen-bond donors (Lipinski definition) is 2. The Hall–Kier alpha value is -1.33. The van der Waals surface area contributed by atoms with Gasteiger partial charge in [-0.25, -0.2) is 4.79 Å². The fourth-order valence-corrected chi connectivity index (χ4v) is 1.41. The summed E-state index contributed by atoms with van der Waals surface area (Å²) >= 11 is 0. The van der Waals surface area contributed by atoms with Crippen LogP contribution in [-0.2, 0) is 4.74 Å². The minimum atomic E-state index is -0.714. The third kappa shape index (κ3) is 4.20. The predicted molar refractivity (Wildman–Crippen MR) is 60.5 cm³/mol. The first-order valence-electron chi connectivity index (χ1n) is 5.60. The van der Waals surface area contributed by atoms with Gasteiger partial charge in [0.25, 0.3) is 0 Å². The maximum Gasteiger partial charge on any atom is 0.374 e. The molecule has 0 spiro atoms. The van der Waals surface area contributed by atoms with E-state index in [2.05, 4.69) is 4.74 Å². The standard InChI is InChI=1S/C12H18O5/c1-8(2)7-9(14)10-3-4-11(17-10)12(15)16-6-5-13/h3-4,8-9,13-14H,5-7H2,1-2H3. The highest BCUT2D eigenvalue weighted by Gasteiger charge is 2.17. The van der Waals surface area contributed by atoms with Crippen molar-refractivity contribution in [2.45, 2.75) is 26.4 Å². The number of ether oxygens (including phenoxy) is 1. The zero-order valence-electron chi connectivity index (χ0n) is 10.0. The molecule has 0 saturated heterocycles. The van der Waals surface area contributed by atoms with Crippen LogP contribution in [-0.4, -0.2) is 29.4 Å². The van der Waals surface area contributed by atoms with Gasteiger partial charge in [-0.05, 0) is 24.5 Å². The van der Waals surface area contributed by atoms with Crippen molar-refractivity contribution in [1.82, 2.24) is 0 Å². The van der Waals surface area contributed by atoms with E-state index < -0.39 is 12.1 Å². The van der Waals surface area contributed by atoms with Crippen LogP contribution in [0, 0.1) is 5.92 Å². The number of carbonyl (C=O) groups excluding carboxylic acids is 1. The third-order valence-electron chi connectivity index (χ3n) is 2.18. The van der Waals surface area contributed by atoms with Crippen molar-refractivity contribution in [3.8, 4) is 0 Å². The minimum Gasteiger partial charge on any atom is -0.457 e. The van der Waals surface area contributed by atoms with Crippen LogP contribution in [0.4, 0.5) is 0 Å². The van der Waals surface area contributed by atoms with E-state index in [1.807, 2.05) is 13.8 Å². The van der Waals surface area contributed by atoms with Crippen LogP contribution in [0.15, 0.2) is 16.5 Å². The van der Waals surface area contributed by atoms with Crippen LogP contribution >= 0.6 is 0 Å². The van der Waals surface area contributed by atoms with Crippen LogP contribution in [0.5, 0.6) is 0 Å². The first-order chi connectivity index (χ1) is 8.04. The second kappa shape index (κ2) is 6.42. The molecular weight excluding hydrogens is 224 g/mol. The molecule has 2 N–H and O–H groups in total. The SMILES string of the molecule is CC(C)CC(O)c1ccc(C(=O)OCCO)o1. The van der Waals surface area contributed by atoms with Crippen molar-refractivity contribution in [3.05, 3.63) is 23.7 Å². The number of furan rings is 1. The summed E-state index contributed by atoms with van der Waals surface area (Å²) in [7, 11) is 0. The van der Waals surface area contributed by atoms with Crippen LogP contribution in [0.25, 0.3) is 0 Å². The maximum absolute atomic E-state index is 11.4. The van der Waals surface area contributed by atoms with Crippen LogP contribution < -0.4 is 0 Å². The fourth-order valence-electron chi connectivity index (χ4n) is 1.41. The molecule has 0 bridgehead atoms. The smallest absolute Gasteiger partial charge is 0.374 e. The van der Waals surface area contributed by atoms with E-state index >= 15 is 0 Å². The fraction of sp³-hybridized carbons (Fsp3) is 0.583. The van der Waals surface area contributed by atoms with Gasteiger partial charge in [0.15, 0.2) is 0 Å². The highest BCUT2D eigenvalue weighted by Crippen LogP contribution is 2.23. The van der Waals surface area contributed by atoms with E-state index in [0.29, 0.717) is 18.1 Å². The van der Waals surface area contributed by atoms with E-state index in [0.717, 1.165) is 0 Å². The van der Waals surface area contributed by atoms with Gasteiger partial charge in [0.05, 0.1) is 6.61 Å². The van der Waals surface area contributed by atoms with E-state index in [9.17, 15) is 9.90 Å². The normalized spacial score (nSPS) is 12.8. The summed E-state index contributed by atoms with van der Waals surface area (Å²) in [5.41, 5.74) is 0. The highest BCUT2D eigenvalue weighted by atomic mass is 16.6. The summed E-state index contributed by atoms with van der Waals surface area (Å²) < 4.78 is 9.89. The van der Waals surface area contributed by atoms with Crippen molar-refractivity contribution < 1.29 is 24.2 Å². The second-order valence-electron chi connectivity index (χ2n) is 4.21. The largest absolute Gasteiger partial charge is 0.457 e. The molecule has 1 rings (SSSR count). The van der Waals surface area contributed by atoms with E-state index in [1.165, 1.54) is 6.07 Å². The molecule has 0 amide bonds. The Balaban J connectivity index is 2.61. The zero-order chi connectivity index (χ0) is 12.8. The lowest BCUT2D eigenvalue weighted by Crippen LogP contribution is -2.07. The number of aliphatic hydroxyl groups excluding tert-OH is 2. The van der Waals surface area contributed by atoms with Gasteiger partial charge in [-0.15, -0.1) is 0 Å². The molecule has 0 radical (unpaired) electrons. The quantitative estimate of drug-likeness (QED) is 0.739. The summed E-state index contributed by atoms with van der Waals surface area (Å²) in [5, 5.41) is 18.3. The van der Waals surface area contributed by atoms with Gasteiger partial charge in [0.1, 0.15) is 18.5 Å². The first-order valence-corrected chi connectivity index (χ1v) is 5.60. The van der Waals surface area contributed by atoms with Gasteiger partial charge in [-0.1, -0.05) is 13.8 Å². The van der Waals surface area contributed by atoms with Crippen molar-refractivity contribution >= 4 is 5.97 Å².